The molecule has 2 aliphatic rings. The van der Waals surface area contributed by atoms with Crippen molar-refractivity contribution in [3.05, 3.63) is 69.2 Å². The number of Topliss-reactive ketones (excluding diaryl/α,β-unsaturated/α-hetero) is 1. The topological polar surface area (TPSA) is 74.8 Å². The van der Waals surface area contributed by atoms with Crippen molar-refractivity contribution in [3.63, 3.8) is 0 Å². The molecule has 0 spiro atoms. The maximum absolute atomic E-state index is 13.6. The molecule has 1 heterocycles. The summed E-state index contributed by atoms with van der Waals surface area (Å²) >= 11 is 12.1. The fraction of sp³-hybridized carbons (Fsp3) is 0.360. The number of fused-ring (bicyclic) bond motifs is 1. The Balaban J connectivity index is 1.76. The van der Waals surface area contributed by atoms with Crippen molar-refractivity contribution in [2.45, 2.75) is 45.6 Å². The summed E-state index contributed by atoms with van der Waals surface area (Å²) in [6, 6.07) is 10.1. The van der Waals surface area contributed by atoms with Crippen molar-refractivity contribution in [1.29, 1.82) is 0 Å². The predicted octanol–water partition coefficient (Wildman–Crippen LogP) is 5.11. The van der Waals surface area contributed by atoms with Crippen molar-refractivity contribution in [3.8, 4) is 0 Å². The number of ketones is 1. The van der Waals surface area contributed by atoms with E-state index in [2.05, 4.69) is 0 Å². The molecule has 3 atom stereocenters. The summed E-state index contributed by atoms with van der Waals surface area (Å²) in [6.07, 6.45) is 2.90. The van der Waals surface area contributed by atoms with Crippen LogP contribution in [0.2, 0.25) is 10.0 Å². The molecule has 1 saturated carbocycles. The van der Waals surface area contributed by atoms with E-state index in [1.54, 1.807) is 24.3 Å². The quantitative estimate of drug-likeness (QED) is 0.434. The number of carbonyl (C=O) groups excluding carboxylic acids is 4. The largest absolute Gasteiger partial charge is 0.292 e. The normalized spacial score (nSPS) is 21.0. The predicted molar refractivity (Wildman–Crippen MR) is 125 cm³/mol. The third-order valence-electron chi connectivity index (χ3n) is 6.49. The Morgan fingerprint density at radius 1 is 0.909 bits per heavy atom. The first-order chi connectivity index (χ1) is 15.7. The SMILES string of the molecule is Cc1ccc(C(=O)[C@H](C)N(C(=O)c2ccc(Cl)c(Cl)c2)N2C(=O)[C@H]3CCCC[C@H]3C2=O)cc1. The fourth-order valence-corrected chi connectivity index (χ4v) is 4.93. The van der Waals surface area contributed by atoms with E-state index in [0.717, 1.165) is 28.4 Å². The Kier molecular flexibility index (Phi) is 6.59. The van der Waals surface area contributed by atoms with Crippen LogP contribution < -0.4 is 0 Å². The smallest absolute Gasteiger partial charge is 0.273 e. The molecule has 1 aliphatic heterocycles. The Hall–Kier alpha value is -2.70. The van der Waals surface area contributed by atoms with Crippen molar-refractivity contribution in [2.24, 2.45) is 11.8 Å². The van der Waals surface area contributed by atoms with E-state index in [1.807, 2.05) is 6.92 Å². The maximum atomic E-state index is 13.6. The minimum Gasteiger partial charge on any atom is -0.292 e. The van der Waals surface area contributed by atoms with Crippen LogP contribution in [-0.2, 0) is 9.59 Å². The van der Waals surface area contributed by atoms with Crippen LogP contribution in [0.5, 0.6) is 0 Å². The molecule has 8 heteroatoms. The highest BCUT2D eigenvalue weighted by Crippen LogP contribution is 2.39. The van der Waals surface area contributed by atoms with Crippen LogP contribution in [0.1, 0.15) is 58.9 Å². The van der Waals surface area contributed by atoms with Gasteiger partial charge in [-0.25, -0.2) is 5.01 Å². The highest BCUT2D eigenvalue weighted by Gasteiger charge is 2.53. The van der Waals surface area contributed by atoms with Gasteiger partial charge in [-0.3, -0.25) is 19.2 Å². The van der Waals surface area contributed by atoms with Crippen LogP contribution in [0.25, 0.3) is 0 Å². The van der Waals surface area contributed by atoms with Gasteiger partial charge in [0.2, 0.25) is 0 Å². The molecule has 33 heavy (non-hydrogen) atoms. The number of benzene rings is 2. The van der Waals surface area contributed by atoms with Crippen LogP contribution in [0.3, 0.4) is 0 Å². The van der Waals surface area contributed by atoms with E-state index in [4.69, 9.17) is 23.2 Å². The fourth-order valence-electron chi connectivity index (χ4n) is 4.63. The highest BCUT2D eigenvalue weighted by atomic mass is 35.5. The van der Waals surface area contributed by atoms with Crippen LogP contribution in [0.4, 0.5) is 0 Å². The average molecular weight is 487 g/mol. The van der Waals surface area contributed by atoms with Gasteiger partial charge >= 0.3 is 0 Å². The Morgan fingerprint density at radius 2 is 1.45 bits per heavy atom. The first-order valence-electron chi connectivity index (χ1n) is 11.0. The van der Waals surface area contributed by atoms with Gasteiger partial charge in [0.1, 0.15) is 6.04 Å². The highest BCUT2D eigenvalue weighted by molar-refractivity contribution is 6.42. The lowest BCUT2D eigenvalue weighted by Gasteiger charge is -2.34. The van der Waals surface area contributed by atoms with E-state index in [0.29, 0.717) is 18.4 Å². The number of halogens is 2. The van der Waals surface area contributed by atoms with Gasteiger partial charge in [0, 0.05) is 11.1 Å². The molecular formula is C25H24Cl2N2O4. The van der Waals surface area contributed by atoms with Crippen molar-refractivity contribution in [1.82, 2.24) is 10.0 Å². The molecule has 2 aromatic carbocycles. The molecule has 6 nitrogen and oxygen atoms in total. The van der Waals surface area contributed by atoms with E-state index in [-0.39, 0.29) is 21.4 Å². The maximum Gasteiger partial charge on any atom is 0.273 e. The first kappa shape index (κ1) is 23.5. The molecule has 1 saturated heterocycles. The second kappa shape index (κ2) is 9.27. The average Bonchev–Trinajstić information content (AvgIpc) is 3.06. The van der Waals surface area contributed by atoms with Crippen LogP contribution >= 0.6 is 23.2 Å². The monoisotopic (exact) mass is 486 g/mol. The molecule has 2 aromatic rings. The summed E-state index contributed by atoms with van der Waals surface area (Å²) in [5.41, 5.74) is 1.50. The molecule has 0 N–H and O–H groups in total. The second-order valence-corrected chi connectivity index (χ2v) is 9.48. The third-order valence-corrected chi connectivity index (χ3v) is 7.23. The zero-order chi connectivity index (χ0) is 23.9. The van der Waals surface area contributed by atoms with Crippen molar-refractivity contribution < 1.29 is 19.2 Å². The van der Waals surface area contributed by atoms with Crippen LogP contribution in [-0.4, -0.2) is 39.6 Å². The number of imide groups is 1. The van der Waals surface area contributed by atoms with Gasteiger partial charge in [-0.2, -0.15) is 5.01 Å². The number of hydrazine groups is 1. The standard InChI is InChI=1S/C25H24Cl2N2O4/c1-14-7-9-16(10-8-14)22(30)15(2)28(23(31)17-11-12-20(26)21(27)13-17)29-24(32)18-5-3-4-6-19(18)25(29)33/h7-13,15,18-19H,3-6H2,1-2H3/t15-,18-,19+/m0/s1. The van der Waals surface area contributed by atoms with Crippen molar-refractivity contribution >= 4 is 46.7 Å². The summed E-state index contributed by atoms with van der Waals surface area (Å²) in [5, 5.41) is 2.34. The molecule has 0 unspecified atom stereocenters. The van der Waals surface area contributed by atoms with Crippen LogP contribution in [0.15, 0.2) is 42.5 Å². The molecular weight excluding hydrogens is 463 g/mol. The van der Waals surface area contributed by atoms with Gasteiger partial charge in [-0.1, -0.05) is 65.9 Å². The van der Waals surface area contributed by atoms with E-state index >= 15 is 0 Å². The zero-order valence-corrected chi connectivity index (χ0v) is 19.9. The molecule has 0 bridgehead atoms. The number of carbonyl (C=O) groups is 4. The lowest BCUT2D eigenvalue weighted by Crippen LogP contribution is -2.56. The Labute approximate surface area is 202 Å². The molecule has 3 amide bonds. The first-order valence-corrected chi connectivity index (χ1v) is 11.7. The molecule has 1 aliphatic carbocycles. The summed E-state index contributed by atoms with van der Waals surface area (Å²) in [5.74, 6) is -2.82. The number of amides is 3. The number of aryl methyl sites for hydroxylation is 1. The van der Waals surface area contributed by atoms with Gasteiger partial charge in [-0.15, -0.1) is 0 Å². The van der Waals surface area contributed by atoms with Gasteiger partial charge < -0.3 is 0 Å². The van der Waals surface area contributed by atoms with Gasteiger partial charge in [0.05, 0.1) is 21.9 Å². The molecule has 4 rings (SSSR count). The second-order valence-electron chi connectivity index (χ2n) is 8.67. The Morgan fingerprint density at radius 3 is 2.00 bits per heavy atom. The molecule has 0 aromatic heterocycles. The van der Waals surface area contributed by atoms with E-state index in [9.17, 15) is 19.2 Å². The van der Waals surface area contributed by atoms with Gasteiger partial charge in [0.15, 0.2) is 5.78 Å². The summed E-state index contributed by atoms with van der Waals surface area (Å²) in [7, 11) is 0. The lowest BCUT2D eigenvalue weighted by molar-refractivity contribution is -0.156. The lowest BCUT2D eigenvalue weighted by atomic mass is 9.81. The minimum atomic E-state index is -1.09. The minimum absolute atomic E-state index is 0.128. The van der Waals surface area contributed by atoms with Gasteiger partial charge in [-0.05, 0) is 44.9 Å². The van der Waals surface area contributed by atoms with E-state index < -0.39 is 35.6 Å². The third kappa shape index (κ3) is 4.30. The van der Waals surface area contributed by atoms with E-state index in [1.165, 1.54) is 25.1 Å². The number of hydrogen-bond acceptors (Lipinski definition) is 4. The Bertz CT molecular complexity index is 1110. The summed E-state index contributed by atoms with van der Waals surface area (Å²) in [4.78, 5) is 53.6. The summed E-state index contributed by atoms with van der Waals surface area (Å²) < 4.78 is 0. The van der Waals surface area contributed by atoms with Crippen LogP contribution in [0, 0.1) is 18.8 Å². The number of rotatable bonds is 5. The number of hydrogen-bond donors (Lipinski definition) is 0. The zero-order valence-electron chi connectivity index (χ0n) is 18.4. The number of nitrogens with zero attached hydrogens (tertiary/aromatic N) is 2. The summed E-state index contributed by atoms with van der Waals surface area (Å²) in [6.45, 7) is 3.43. The molecule has 172 valence electrons. The molecule has 0 radical (unpaired) electrons. The van der Waals surface area contributed by atoms with Gasteiger partial charge in [0.25, 0.3) is 17.7 Å². The van der Waals surface area contributed by atoms with Crippen molar-refractivity contribution in [2.75, 3.05) is 0 Å². The molecule has 2 fully saturated rings.